The number of carbonyl (C=O) groups excluding carboxylic acids is 1. The number of nitrogens with one attached hydrogen (secondary N) is 2. The minimum Gasteiger partial charge on any atom is -0.497 e. The number of carbonyl (C=O) groups is 1. The maximum absolute atomic E-state index is 12.4. The molecule has 1 aliphatic carbocycles. The minimum atomic E-state index is -0.0224. The molecule has 2 heterocycles. The maximum atomic E-state index is 12.4. The van der Waals surface area contributed by atoms with Gasteiger partial charge in [0.1, 0.15) is 5.75 Å². The lowest BCUT2D eigenvalue weighted by Gasteiger charge is -2.13. The highest BCUT2D eigenvalue weighted by atomic mass is 16.5. The summed E-state index contributed by atoms with van der Waals surface area (Å²) in [5, 5.41) is 11.5. The van der Waals surface area contributed by atoms with Crippen molar-refractivity contribution in [2.75, 3.05) is 19.0 Å². The van der Waals surface area contributed by atoms with E-state index in [4.69, 9.17) is 9.84 Å². The van der Waals surface area contributed by atoms with Crippen LogP contribution in [-0.4, -0.2) is 40.2 Å². The van der Waals surface area contributed by atoms with Crippen molar-refractivity contribution < 1.29 is 9.53 Å². The molecule has 2 aromatic heterocycles. The Morgan fingerprint density at radius 2 is 1.91 bits per heavy atom. The van der Waals surface area contributed by atoms with Crippen molar-refractivity contribution in [3.63, 3.8) is 0 Å². The molecule has 0 atom stereocenters. The van der Waals surface area contributed by atoms with Crippen molar-refractivity contribution in [3.8, 4) is 28.3 Å². The minimum absolute atomic E-state index is 0.0224. The standard InChI is InChI=1S/C27H29N5O2/c1-17(2)15-28-24-14-23(20-5-4-6-22(13-20)34-3)31-32-25(16-29-26(24)32)18-7-9-19(10-8-18)27(33)30-21-11-12-21/h4-10,13-14,16-17,21,28H,11-12,15H2,1-3H3,(H,30,33). The molecule has 0 saturated heterocycles. The molecule has 5 rings (SSSR count). The van der Waals surface area contributed by atoms with Crippen molar-refractivity contribution in [3.05, 3.63) is 66.4 Å². The molecule has 0 spiro atoms. The average molecular weight is 456 g/mol. The van der Waals surface area contributed by atoms with E-state index in [1.165, 1.54) is 0 Å². The fraction of sp³-hybridized carbons (Fsp3) is 0.296. The summed E-state index contributed by atoms with van der Waals surface area (Å²) in [6.45, 7) is 5.17. The first-order valence-electron chi connectivity index (χ1n) is 11.7. The third kappa shape index (κ3) is 4.59. The van der Waals surface area contributed by atoms with Gasteiger partial charge in [-0.25, -0.2) is 9.50 Å². The summed E-state index contributed by atoms with van der Waals surface area (Å²) >= 11 is 0. The fourth-order valence-electron chi connectivity index (χ4n) is 3.82. The molecule has 7 heteroatoms. The maximum Gasteiger partial charge on any atom is 0.251 e. The van der Waals surface area contributed by atoms with Crippen LogP contribution in [0.15, 0.2) is 60.8 Å². The van der Waals surface area contributed by atoms with Gasteiger partial charge >= 0.3 is 0 Å². The van der Waals surface area contributed by atoms with E-state index in [0.29, 0.717) is 17.5 Å². The van der Waals surface area contributed by atoms with E-state index in [1.807, 2.05) is 65.3 Å². The Balaban J connectivity index is 1.55. The summed E-state index contributed by atoms with van der Waals surface area (Å²) in [4.78, 5) is 17.1. The highest BCUT2D eigenvalue weighted by Crippen LogP contribution is 2.30. The number of methoxy groups -OCH3 is 1. The van der Waals surface area contributed by atoms with Gasteiger partial charge in [0.15, 0.2) is 5.65 Å². The number of amides is 1. The number of aromatic nitrogens is 3. The molecule has 174 valence electrons. The number of anilines is 1. The van der Waals surface area contributed by atoms with E-state index in [2.05, 4.69) is 29.5 Å². The lowest BCUT2D eigenvalue weighted by Crippen LogP contribution is -2.25. The molecule has 2 N–H and O–H groups in total. The topological polar surface area (TPSA) is 80.5 Å². The van der Waals surface area contributed by atoms with Gasteiger partial charge in [0.2, 0.25) is 0 Å². The molecule has 1 amide bonds. The summed E-state index contributed by atoms with van der Waals surface area (Å²) in [5.41, 5.74) is 5.93. The van der Waals surface area contributed by atoms with Crippen molar-refractivity contribution in [1.82, 2.24) is 19.9 Å². The zero-order valence-corrected chi connectivity index (χ0v) is 19.7. The van der Waals surface area contributed by atoms with Gasteiger partial charge in [-0.3, -0.25) is 4.79 Å². The number of fused-ring (bicyclic) bond motifs is 1. The number of hydrogen-bond acceptors (Lipinski definition) is 5. The van der Waals surface area contributed by atoms with Crippen LogP contribution in [0.5, 0.6) is 5.75 Å². The lowest BCUT2D eigenvalue weighted by atomic mass is 10.1. The van der Waals surface area contributed by atoms with Crippen molar-refractivity contribution in [2.45, 2.75) is 32.7 Å². The van der Waals surface area contributed by atoms with E-state index in [9.17, 15) is 4.79 Å². The normalized spacial score (nSPS) is 13.3. The Labute approximate surface area is 199 Å². The smallest absolute Gasteiger partial charge is 0.251 e. The van der Waals surface area contributed by atoms with Crippen molar-refractivity contribution in [1.29, 1.82) is 0 Å². The van der Waals surface area contributed by atoms with Crippen LogP contribution in [0.3, 0.4) is 0 Å². The van der Waals surface area contributed by atoms with Crippen LogP contribution < -0.4 is 15.4 Å². The van der Waals surface area contributed by atoms with Gasteiger partial charge in [-0.15, -0.1) is 0 Å². The van der Waals surface area contributed by atoms with E-state index < -0.39 is 0 Å². The Morgan fingerprint density at radius 1 is 1.12 bits per heavy atom. The second-order valence-electron chi connectivity index (χ2n) is 9.15. The number of imidazole rings is 1. The van der Waals surface area contributed by atoms with Crippen LogP contribution in [0.25, 0.3) is 28.2 Å². The number of benzene rings is 2. The Bertz CT molecular complexity index is 1320. The van der Waals surface area contributed by atoms with Gasteiger partial charge < -0.3 is 15.4 Å². The molecular weight excluding hydrogens is 426 g/mol. The van der Waals surface area contributed by atoms with Crippen LogP contribution in [0.4, 0.5) is 5.69 Å². The second-order valence-corrected chi connectivity index (χ2v) is 9.15. The summed E-state index contributed by atoms with van der Waals surface area (Å²) < 4.78 is 7.29. The van der Waals surface area contributed by atoms with Gasteiger partial charge in [0.25, 0.3) is 5.91 Å². The molecule has 7 nitrogen and oxygen atoms in total. The number of ether oxygens (including phenoxy) is 1. The van der Waals surface area contributed by atoms with Crippen molar-refractivity contribution in [2.24, 2.45) is 5.92 Å². The quantitative estimate of drug-likeness (QED) is 0.389. The van der Waals surface area contributed by atoms with Gasteiger partial charge in [-0.05, 0) is 49.1 Å². The first-order valence-corrected chi connectivity index (χ1v) is 11.7. The Kier molecular flexibility index (Phi) is 5.92. The first kappa shape index (κ1) is 21.9. The van der Waals surface area contributed by atoms with Gasteiger partial charge in [-0.2, -0.15) is 5.10 Å². The van der Waals surface area contributed by atoms with Crippen LogP contribution in [0, 0.1) is 5.92 Å². The molecule has 0 unspecified atom stereocenters. The van der Waals surface area contributed by atoms with Gasteiger partial charge in [0, 0.05) is 29.3 Å². The van der Waals surface area contributed by atoms with Crippen LogP contribution in [-0.2, 0) is 0 Å². The molecule has 0 aliphatic heterocycles. The summed E-state index contributed by atoms with van der Waals surface area (Å²) in [7, 11) is 1.66. The largest absolute Gasteiger partial charge is 0.497 e. The lowest BCUT2D eigenvalue weighted by molar-refractivity contribution is 0.0951. The average Bonchev–Trinajstić information content (AvgIpc) is 3.57. The van der Waals surface area contributed by atoms with E-state index in [-0.39, 0.29) is 5.91 Å². The monoisotopic (exact) mass is 455 g/mol. The first-order chi connectivity index (χ1) is 16.5. The van der Waals surface area contributed by atoms with Gasteiger partial charge in [-0.1, -0.05) is 38.1 Å². The summed E-state index contributed by atoms with van der Waals surface area (Å²) in [6.07, 6.45) is 3.97. The number of nitrogens with zero attached hydrogens (tertiary/aromatic N) is 3. The van der Waals surface area contributed by atoms with Crippen LogP contribution in [0.1, 0.15) is 37.0 Å². The molecule has 2 aromatic carbocycles. The molecular formula is C27H29N5O2. The molecule has 0 bridgehead atoms. The van der Waals surface area contributed by atoms with Gasteiger partial charge in [0.05, 0.1) is 30.4 Å². The number of rotatable bonds is 8. The zero-order valence-electron chi connectivity index (χ0n) is 19.7. The second kappa shape index (κ2) is 9.17. The van der Waals surface area contributed by atoms with E-state index >= 15 is 0 Å². The van der Waals surface area contributed by atoms with Crippen molar-refractivity contribution >= 4 is 17.2 Å². The molecule has 1 aliphatic rings. The van der Waals surface area contributed by atoms with E-state index in [1.54, 1.807) is 7.11 Å². The molecule has 34 heavy (non-hydrogen) atoms. The number of hydrogen-bond donors (Lipinski definition) is 2. The zero-order chi connectivity index (χ0) is 23.7. The predicted octanol–water partition coefficient (Wildman–Crippen LogP) is 5.03. The predicted molar refractivity (Wildman–Crippen MR) is 134 cm³/mol. The fourth-order valence-corrected chi connectivity index (χ4v) is 3.82. The summed E-state index contributed by atoms with van der Waals surface area (Å²) in [5.74, 6) is 1.24. The van der Waals surface area contributed by atoms with Crippen LogP contribution >= 0.6 is 0 Å². The summed E-state index contributed by atoms with van der Waals surface area (Å²) in [6, 6.07) is 17.9. The highest BCUT2D eigenvalue weighted by molar-refractivity contribution is 5.95. The van der Waals surface area contributed by atoms with E-state index in [0.717, 1.165) is 59.0 Å². The van der Waals surface area contributed by atoms with Crippen LogP contribution in [0.2, 0.25) is 0 Å². The molecule has 4 aromatic rings. The third-order valence-corrected chi connectivity index (χ3v) is 5.89. The third-order valence-electron chi connectivity index (χ3n) is 5.89. The molecule has 1 fully saturated rings. The Hall–Kier alpha value is -3.87. The molecule has 1 saturated carbocycles. The SMILES string of the molecule is COc1cccc(-c2cc(NCC(C)C)c3ncc(-c4ccc(C(=O)NC5CC5)cc4)n3n2)c1. The Morgan fingerprint density at radius 3 is 2.62 bits per heavy atom. The highest BCUT2D eigenvalue weighted by Gasteiger charge is 2.23. The molecule has 0 radical (unpaired) electrons.